The van der Waals surface area contributed by atoms with Crippen molar-refractivity contribution in [3.05, 3.63) is 34.2 Å². The summed E-state index contributed by atoms with van der Waals surface area (Å²) in [4.78, 5) is 11.6. The van der Waals surface area contributed by atoms with Gasteiger partial charge in [0.2, 0.25) is 0 Å². The number of nitrogens with zero attached hydrogens (tertiary/aromatic N) is 1. The summed E-state index contributed by atoms with van der Waals surface area (Å²) in [5.41, 5.74) is 4.59. The van der Waals surface area contributed by atoms with Crippen LogP contribution in [0.1, 0.15) is 12.0 Å². The Kier molecular flexibility index (Phi) is 3.96. The van der Waals surface area contributed by atoms with Gasteiger partial charge in [0.25, 0.3) is 5.56 Å². The SMILES string of the molecule is NC(Cn1cc(C(F)(F)F)ccc1=O)C1CCOC1. The maximum atomic E-state index is 12.6. The van der Waals surface area contributed by atoms with Crippen LogP contribution >= 0.6 is 0 Å². The molecule has 1 fully saturated rings. The van der Waals surface area contributed by atoms with Crippen molar-refractivity contribution in [1.82, 2.24) is 4.57 Å². The third kappa shape index (κ3) is 3.36. The van der Waals surface area contributed by atoms with Crippen LogP contribution < -0.4 is 11.3 Å². The van der Waals surface area contributed by atoms with Crippen LogP contribution in [0.25, 0.3) is 0 Å². The highest BCUT2D eigenvalue weighted by Crippen LogP contribution is 2.28. The van der Waals surface area contributed by atoms with Crippen LogP contribution in [0, 0.1) is 5.92 Å². The topological polar surface area (TPSA) is 57.2 Å². The Bertz CT molecular complexity index is 492. The molecule has 0 radical (unpaired) electrons. The second-order valence-electron chi connectivity index (χ2n) is 4.69. The predicted molar refractivity (Wildman–Crippen MR) is 62.6 cm³/mol. The number of aromatic nitrogens is 1. The second kappa shape index (κ2) is 5.34. The van der Waals surface area contributed by atoms with Crippen molar-refractivity contribution >= 4 is 0 Å². The van der Waals surface area contributed by atoms with Crippen molar-refractivity contribution < 1.29 is 17.9 Å². The molecule has 19 heavy (non-hydrogen) atoms. The molecule has 0 bridgehead atoms. The summed E-state index contributed by atoms with van der Waals surface area (Å²) >= 11 is 0. The van der Waals surface area contributed by atoms with Crippen LogP contribution in [0.15, 0.2) is 23.1 Å². The van der Waals surface area contributed by atoms with Gasteiger partial charge in [-0.25, -0.2) is 0 Å². The standard InChI is InChI=1S/C12H15F3N2O2/c13-12(14,15)9-1-2-11(18)17(5-9)6-10(16)8-3-4-19-7-8/h1-2,5,8,10H,3-4,6-7,16H2. The summed E-state index contributed by atoms with van der Waals surface area (Å²) in [6, 6.07) is 1.31. The molecule has 1 aromatic rings. The van der Waals surface area contributed by atoms with E-state index in [1.807, 2.05) is 0 Å². The van der Waals surface area contributed by atoms with Crippen molar-refractivity contribution in [3.63, 3.8) is 0 Å². The Morgan fingerprint density at radius 2 is 2.21 bits per heavy atom. The highest BCUT2D eigenvalue weighted by Gasteiger charge is 2.31. The summed E-state index contributed by atoms with van der Waals surface area (Å²) < 4.78 is 43.9. The van der Waals surface area contributed by atoms with E-state index in [1.54, 1.807) is 0 Å². The van der Waals surface area contributed by atoms with Crippen LogP contribution in [-0.4, -0.2) is 23.8 Å². The van der Waals surface area contributed by atoms with Gasteiger partial charge < -0.3 is 15.0 Å². The molecule has 2 atom stereocenters. The Balaban J connectivity index is 2.17. The number of ether oxygens (including phenoxy) is 1. The van der Waals surface area contributed by atoms with Gasteiger partial charge in [-0.05, 0) is 12.5 Å². The Morgan fingerprint density at radius 3 is 2.79 bits per heavy atom. The van der Waals surface area contributed by atoms with E-state index in [-0.39, 0.29) is 18.5 Å². The number of hydrogen-bond donors (Lipinski definition) is 1. The molecule has 2 rings (SSSR count). The van der Waals surface area contributed by atoms with Crippen molar-refractivity contribution in [3.8, 4) is 0 Å². The maximum absolute atomic E-state index is 12.6. The van der Waals surface area contributed by atoms with E-state index in [9.17, 15) is 18.0 Å². The van der Waals surface area contributed by atoms with Gasteiger partial charge in [-0.2, -0.15) is 13.2 Å². The zero-order valence-electron chi connectivity index (χ0n) is 10.2. The number of alkyl halides is 3. The van der Waals surface area contributed by atoms with E-state index in [0.29, 0.717) is 13.2 Å². The molecule has 2 unspecified atom stereocenters. The largest absolute Gasteiger partial charge is 0.417 e. The first-order valence-electron chi connectivity index (χ1n) is 5.99. The number of hydrogen-bond acceptors (Lipinski definition) is 3. The van der Waals surface area contributed by atoms with Crippen molar-refractivity contribution in [1.29, 1.82) is 0 Å². The fourth-order valence-electron chi connectivity index (χ4n) is 2.11. The van der Waals surface area contributed by atoms with E-state index in [1.165, 1.54) is 0 Å². The normalized spacial score (nSPS) is 21.6. The van der Waals surface area contributed by atoms with Crippen LogP contribution in [0.4, 0.5) is 13.2 Å². The molecular weight excluding hydrogens is 261 g/mol. The van der Waals surface area contributed by atoms with Gasteiger partial charge in [-0.1, -0.05) is 0 Å². The highest BCUT2D eigenvalue weighted by molar-refractivity contribution is 5.13. The fraction of sp³-hybridized carbons (Fsp3) is 0.583. The lowest BCUT2D eigenvalue weighted by atomic mass is 10.00. The smallest absolute Gasteiger partial charge is 0.381 e. The fourth-order valence-corrected chi connectivity index (χ4v) is 2.11. The van der Waals surface area contributed by atoms with E-state index in [0.717, 1.165) is 29.3 Å². The molecule has 0 aliphatic carbocycles. The van der Waals surface area contributed by atoms with Gasteiger partial charge in [0, 0.05) is 37.4 Å². The first-order valence-corrected chi connectivity index (χ1v) is 5.99. The molecule has 0 spiro atoms. The summed E-state index contributed by atoms with van der Waals surface area (Å²) in [6.45, 7) is 1.17. The summed E-state index contributed by atoms with van der Waals surface area (Å²) in [6.07, 6.45) is -2.87. The zero-order chi connectivity index (χ0) is 14.0. The molecule has 0 saturated carbocycles. The maximum Gasteiger partial charge on any atom is 0.417 e. The Labute approximate surface area is 108 Å². The summed E-state index contributed by atoms with van der Waals surface area (Å²) in [5, 5.41) is 0. The number of halogens is 3. The number of rotatable bonds is 3. The quantitative estimate of drug-likeness (QED) is 0.903. The first kappa shape index (κ1) is 14.1. The molecule has 1 aliphatic heterocycles. The third-order valence-electron chi connectivity index (χ3n) is 3.29. The molecule has 1 aliphatic rings. The molecule has 1 saturated heterocycles. The molecular formula is C12H15F3N2O2. The molecule has 4 nitrogen and oxygen atoms in total. The van der Waals surface area contributed by atoms with Crippen LogP contribution in [-0.2, 0) is 17.5 Å². The molecule has 7 heteroatoms. The van der Waals surface area contributed by atoms with Crippen LogP contribution in [0.3, 0.4) is 0 Å². The Hall–Kier alpha value is -1.34. The molecule has 1 aromatic heterocycles. The first-order chi connectivity index (χ1) is 8.88. The monoisotopic (exact) mass is 276 g/mol. The van der Waals surface area contributed by atoms with Crippen LogP contribution in [0.5, 0.6) is 0 Å². The summed E-state index contributed by atoms with van der Waals surface area (Å²) in [5.74, 6) is 0.0847. The van der Waals surface area contributed by atoms with E-state index in [4.69, 9.17) is 10.5 Å². The van der Waals surface area contributed by atoms with Gasteiger partial charge in [0.1, 0.15) is 0 Å². The average molecular weight is 276 g/mol. The van der Waals surface area contributed by atoms with Crippen molar-refractivity contribution in [2.45, 2.75) is 25.2 Å². The van der Waals surface area contributed by atoms with E-state index >= 15 is 0 Å². The molecule has 2 N–H and O–H groups in total. The Morgan fingerprint density at radius 1 is 1.47 bits per heavy atom. The molecule has 0 aromatic carbocycles. The number of nitrogens with two attached hydrogens (primary N) is 1. The highest BCUT2D eigenvalue weighted by atomic mass is 19.4. The van der Waals surface area contributed by atoms with Crippen LogP contribution in [0.2, 0.25) is 0 Å². The van der Waals surface area contributed by atoms with Gasteiger partial charge in [-0.3, -0.25) is 4.79 Å². The molecule has 0 amide bonds. The average Bonchev–Trinajstić information content (AvgIpc) is 2.84. The van der Waals surface area contributed by atoms with Gasteiger partial charge >= 0.3 is 6.18 Å². The van der Waals surface area contributed by atoms with E-state index < -0.39 is 17.3 Å². The van der Waals surface area contributed by atoms with E-state index in [2.05, 4.69) is 0 Å². The lowest BCUT2D eigenvalue weighted by Crippen LogP contribution is -2.38. The number of pyridine rings is 1. The minimum atomic E-state index is -4.46. The molecule has 106 valence electrons. The zero-order valence-corrected chi connectivity index (χ0v) is 10.2. The predicted octanol–water partition coefficient (Wildman–Crippen LogP) is 1.23. The minimum absolute atomic E-state index is 0.0662. The minimum Gasteiger partial charge on any atom is -0.381 e. The third-order valence-corrected chi connectivity index (χ3v) is 3.29. The summed E-state index contributed by atoms with van der Waals surface area (Å²) in [7, 11) is 0. The lowest BCUT2D eigenvalue weighted by molar-refractivity contribution is -0.138. The molecule has 2 heterocycles. The second-order valence-corrected chi connectivity index (χ2v) is 4.69. The van der Waals surface area contributed by atoms with Gasteiger partial charge in [0.15, 0.2) is 0 Å². The van der Waals surface area contributed by atoms with Crippen molar-refractivity contribution in [2.24, 2.45) is 11.7 Å². The van der Waals surface area contributed by atoms with Gasteiger partial charge in [-0.15, -0.1) is 0 Å². The van der Waals surface area contributed by atoms with Crippen molar-refractivity contribution in [2.75, 3.05) is 13.2 Å². The lowest BCUT2D eigenvalue weighted by Gasteiger charge is -2.19. The van der Waals surface area contributed by atoms with Gasteiger partial charge in [0.05, 0.1) is 12.2 Å².